The molecule has 0 aliphatic carbocycles. The van der Waals surface area contributed by atoms with Crippen molar-refractivity contribution in [3.63, 3.8) is 0 Å². The molecule has 0 aliphatic rings. The molecular weight excluding hydrogens is 269 g/mol. The van der Waals surface area contributed by atoms with Gasteiger partial charge in [0.25, 0.3) is 0 Å². The molecular formula is C8H11BrClN3O. The molecule has 0 aromatic carbocycles. The molecule has 1 amide bonds. The SMILES string of the molecule is CN(Cc1c(Br)cnn1C)C(=O)CCl. The molecule has 78 valence electrons. The summed E-state index contributed by atoms with van der Waals surface area (Å²) in [6, 6.07) is 0. The Morgan fingerprint density at radius 1 is 1.79 bits per heavy atom. The van der Waals surface area contributed by atoms with Crippen molar-refractivity contribution >= 4 is 33.4 Å². The highest BCUT2D eigenvalue weighted by atomic mass is 79.9. The highest BCUT2D eigenvalue weighted by Gasteiger charge is 2.12. The second-order valence-electron chi connectivity index (χ2n) is 2.95. The molecule has 0 saturated carbocycles. The molecule has 0 spiro atoms. The Morgan fingerprint density at radius 2 is 2.43 bits per heavy atom. The van der Waals surface area contributed by atoms with Crippen molar-refractivity contribution in [2.24, 2.45) is 7.05 Å². The van der Waals surface area contributed by atoms with E-state index in [4.69, 9.17) is 11.6 Å². The van der Waals surface area contributed by atoms with Crippen LogP contribution in [-0.4, -0.2) is 33.5 Å². The molecule has 1 rings (SSSR count). The van der Waals surface area contributed by atoms with Crippen molar-refractivity contribution in [2.45, 2.75) is 6.54 Å². The minimum atomic E-state index is -0.0974. The van der Waals surface area contributed by atoms with Gasteiger partial charge in [0.1, 0.15) is 5.88 Å². The molecule has 6 heteroatoms. The molecule has 0 N–H and O–H groups in total. The van der Waals surface area contributed by atoms with Gasteiger partial charge in [-0.3, -0.25) is 9.48 Å². The van der Waals surface area contributed by atoms with Crippen molar-refractivity contribution in [3.8, 4) is 0 Å². The van der Waals surface area contributed by atoms with E-state index in [2.05, 4.69) is 21.0 Å². The summed E-state index contributed by atoms with van der Waals surface area (Å²) in [5.41, 5.74) is 0.950. The Kier molecular flexibility index (Phi) is 3.95. The van der Waals surface area contributed by atoms with E-state index in [1.807, 2.05) is 7.05 Å². The Balaban J connectivity index is 2.73. The lowest BCUT2D eigenvalue weighted by Crippen LogP contribution is -2.28. The lowest BCUT2D eigenvalue weighted by Gasteiger charge is -2.15. The summed E-state index contributed by atoms with van der Waals surface area (Å²) in [6.07, 6.45) is 1.70. The van der Waals surface area contributed by atoms with Crippen LogP contribution in [0.1, 0.15) is 5.69 Å². The minimum Gasteiger partial charge on any atom is -0.339 e. The van der Waals surface area contributed by atoms with E-state index in [0.717, 1.165) is 10.2 Å². The molecule has 14 heavy (non-hydrogen) atoms. The zero-order valence-electron chi connectivity index (χ0n) is 8.00. The first-order chi connectivity index (χ1) is 6.56. The Hall–Kier alpha value is -0.550. The van der Waals surface area contributed by atoms with Crippen LogP contribution in [0.5, 0.6) is 0 Å². The van der Waals surface area contributed by atoms with Gasteiger partial charge in [-0.2, -0.15) is 5.10 Å². The normalized spacial score (nSPS) is 10.3. The Bertz CT molecular complexity index is 320. The highest BCUT2D eigenvalue weighted by Crippen LogP contribution is 2.16. The molecule has 0 unspecified atom stereocenters. The van der Waals surface area contributed by atoms with Crippen LogP contribution in [0.15, 0.2) is 10.7 Å². The molecule has 1 heterocycles. The zero-order chi connectivity index (χ0) is 10.7. The second-order valence-corrected chi connectivity index (χ2v) is 4.07. The third-order valence-electron chi connectivity index (χ3n) is 1.94. The van der Waals surface area contributed by atoms with Gasteiger partial charge >= 0.3 is 0 Å². The fraction of sp³-hybridized carbons (Fsp3) is 0.500. The predicted molar refractivity (Wildman–Crippen MR) is 58.1 cm³/mol. The van der Waals surface area contributed by atoms with E-state index in [0.29, 0.717) is 6.54 Å². The number of hydrogen-bond acceptors (Lipinski definition) is 2. The fourth-order valence-electron chi connectivity index (χ4n) is 1.03. The van der Waals surface area contributed by atoms with E-state index in [1.165, 1.54) is 0 Å². The van der Waals surface area contributed by atoms with Crippen molar-refractivity contribution in [1.29, 1.82) is 0 Å². The summed E-state index contributed by atoms with van der Waals surface area (Å²) in [4.78, 5) is 12.8. The lowest BCUT2D eigenvalue weighted by molar-refractivity contribution is -0.127. The molecule has 1 aromatic rings. The van der Waals surface area contributed by atoms with Crippen molar-refractivity contribution < 1.29 is 4.79 Å². The quantitative estimate of drug-likeness (QED) is 0.785. The van der Waals surface area contributed by atoms with E-state index in [9.17, 15) is 4.79 Å². The summed E-state index contributed by atoms with van der Waals surface area (Å²) in [5, 5.41) is 4.05. The van der Waals surface area contributed by atoms with Gasteiger partial charge in [-0.25, -0.2) is 0 Å². The number of rotatable bonds is 3. The first-order valence-corrected chi connectivity index (χ1v) is 5.35. The van der Waals surface area contributed by atoms with Gasteiger partial charge in [-0.15, -0.1) is 11.6 Å². The van der Waals surface area contributed by atoms with Crippen LogP contribution < -0.4 is 0 Å². The van der Waals surface area contributed by atoms with Gasteiger partial charge in [-0.05, 0) is 15.9 Å². The Labute approximate surface area is 96.0 Å². The molecule has 0 radical (unpaired) electrons. The average molecular weight is 281 g/mol. The van der Waals surface area contributed by atoms with Crippen LogP contribution in [-0.2, 0) is 18.4 Å². The lowest BCUT2D eigenvalue weighted by atomic mass is 10.4. The van der Waals surface area contributed by atoms with E-state index in [-0.39, 0.29) is 11.8 Å². The van der Waals surface area contributed by atoms with Gasteiger partial charge in [0.2, 0.25) is 5.91 Å². The van der Waals surface area contributed by atoms with Crippen LogP contribution in [0.3, 0.4) is 0 Å². The first kappa shape index (κ1) is 11.5. The summed E-state index contributed by atoms with van der Waals surface area (Å²) < 4.78 is 2.62. The number of aryl methyl sites for hydroxylation is 1. The monoisotopic (exact) mass is 279 g/mol. The second kappa shape index (κ2) is 4.79. The molecule has 0 bridgehead atoms. The summed E-state index contributed by atoms with van der Waals surface area (Å²) >= 11 is 8.80. The molecule has 0 atom stereocenters. The van der Waals surface area contributed by atoms with Crippen LogP contribution in [0.4, 0.5) is 0 Å². The molecule has 0 saturated heterocycles. The third kappa shape index (κ3) is 2.48. The number of hydrogen-bond donors (Lipinski definition) is 0. The van der Waals surface area contributed by atoms with Crippen molar-refractivity contribution in [1.82, 2.24) is 14.7 Å². The molecule has 4 nitrogen and oxygen atoms in total. The van der Waals surface area contributed by atoms with E-state index < -0.39 is 0 Å². The van der Waals surface area contributed by atoms with Gasteiger partial charge in [0.15, 0.2) is 0 Å². The van der Waals surface area contributed by atoms with E-state index >= 15 is 0 Å². The molecule has 0 aliphatic heterocycles. The number of aromatic nitrogens is 2. The maximum Gasteiger partial charge on any atom is 0.237 e. The van der Waals surface area contributed by atoms with Crippen molar-refractivity contribution in [2.75, 3.05) is 12.9 Å². The average Bonchev–Trinajstić information content (AvgIpc) is 2.48. The fourth-order valence-corrected chi connectivity index (χ4v) is 1.71. The van der Waals surface area contributed by atoms with Crippen LogP contribution in [0.25, 0.3) is 0 Å². The number of carbonyl (C=O) groups excluding carboxylic acids is 1. The third-order valence-corrected chi connectivity index (χ3v) is 2.83. The standard InChI is InChI=1S/C8H11BrClN3O/c1-12(8(14)3-10)5-7-6(9)4-11-13(7)2/h4H,3,5H2,1-2H3. The number of alkyl halides is 1. The predicted octanol–water partition coefficient (Wildman–Crippen LogP) is 1.38. The van der Waals surface area contributed by atoms with Gasteiger partial charge in [-0.1, -0.05) is 0 Å². The number of amides is 1. The smallest absolute Gasteiger partial charge is 0.237 e. The summed E-state index contributed by atoms with van der Waals surface area (Å²) in [6.45, 7) is 0.503. The molecule has 1 aromatic heterocycles. The minimum absolute atomic E-state index is 0.00592. The van der Waals surface area contributed by atoms with E-state index in [1.54, 1.807) is 22.8 Å². The van der Waals surface area contributed by atoms with Crippen LogP contribution in [0.2, 0.25) is 0 Å². The number of carbonyl (C=O) groups is 1. The largest absolute Gasteiger partial charge is 0.339 e. The maximum absolute atomic E-state index is 11.2. The maximum atomic E-state index is 11.2. The summed E-state index contributed by atoms with van der Waals surface area (Å²) in [5.74, 6) is -0.0915. The van der Waals surface area contributed by atoms with Crippen molar-refractivity contribution in [3.05, 3.63) is 16.4 Å². The number of halogens is 2. The summed E-state index contributed by atoms with van der Waals surface area (Å²) in [7, 11) is 3.54. The highest BCUT2D eigenvalue weighted by molar-refractivity contribution is 9.10. The first-order valence-electron chi connectivity index (χ1n) is 4.02. The Morgan fingerprint density at radius 3 is 2.86 bits per heavy atom. The molecule has 0 fully saturated rings. The van der Waals surface area contributed by atoms with Gasteiger partial charge in [0, 0.05) is 14.1 Å². The van der Waals surface area contributed by atoms with Crippen LogP contribution >= 0.6 is 27.5 Å². The van der Waals surface area contributed by atoms with Crippen LogP contribution in [0, 0.1) is 0 Å². The zero-order valence-corrected chi connectivity index (χ0v) is 10.3. The van der Waals surface area contributed by atoms with Gasteiger partial charge < -0.3 is 4.90 Å². The topological polar surface area (TPSA) is 38.1 Å². The van der Waals surface area contributed by atoms with Gasteiger partial charge in [0.05, 0.1) is 22.9 Å². The number of nitrogens with zero attached hydrogens (tertiary/aromatic N) is 3.